The maximum atomic E-state index is 12.4. The summed E-state index contributed by atoms with van der Waals surface area (Å²) in [6.07, 6.45) is 0.741. The minimum absolute atomic E-state index is 0.0291. The molecule has 1 amide bonds. The molecule has 1 aliphatic rings. The highest BCUT2D eigenvalue weighted by Gasteiger charge is 2.27. The molecule has 0 aromatic heterocycles. The van der Waals surface area contributed by atoms with Crippen molar-refractivity contribution in [2.24, 2.45) is 0 Å². The Labute approximate surface area is 132 Å². The average molecular weight is 345 g/mol. The molecule has 0 fully saturated rings. The van der Waals surface area contributed by atoms with Gasteiger partial charge < -0.3 is 10.6 Å². The standard InChI is InChI=1S/C17H17BrN2O/c1-11(13-7-3-4-8-14(13)18)19-17(21)16-10-12-6-2-5-9-15(12)20-16/h2-9,11,16,20H,10H2,1H3,(H,19,21)/t11-,16?/m0/s1. The molecular formula is C17H17BrN2O. The van der Waals surface area contributed by atoms with Crippen LogP contribution in [0.25, 0.3) is 0 Å². The first-order chi connectivity index (χ1) is 10.1. The molecule has 108 valence electrons. The van der Waals surface area contributed by atoms with Crippen molar-refractivity contribution >= 4 is 27.5 Å². The molecule has 2 N–H and O–H groups in total. The quantitative estimate of drug-likeness (QED) is 0.891. The molecule has 0 saturated heterocycles. The lowest BCUT2D eigenvalue weighted by molar-refractivity contribution is -0.122. The summed E-state index contributed by atoms with van der Waals surface area (Å²) in [4.78, 5) is 12.4. The zero-order valence-electron chi connectivity index (χ0n) is 11.8. The van der Waals surface area contributed by atoms with E-state index in [9.17, 15) is 4.79 Å². The number of hydrogen-bond acceptors (Lipinski definition) is 2. The highest BCUT2D eigenvalue weighted by molar-refractivity contribution is 9.10. The van der Waals surface area contributed by atoms with Crippen molar-refractivity contribution in [1.29, 1.82) is 0 Å². The van der Waals surface area contributed by atoms with E-state index in [2.05, 4.69) is 32.6 Å². The summed E-state index contributed by atoms with van der Waals surface area (Å²) in [6, 6.07) is 15.8. The smallest absolute Gasteiger partial charge is 0.243 e. The van der Waals surface area contributed by atoms with Crippen molar-refractivity contribution in [3.63, 3.8) is 0 Å². The van der Waals surface area contributed by atoms with Crippen LogP contribution in [0.15, 0.2) is 53.0 Å². The van der Waals surface area contributed by atoms with Gasteiger partial charge in [0.05, 0.1) is 6.04 Å². The lowest BCUT2D eigenvalue weighted by atomic mass is 10.1. The molecule has 2 aromatic rings. The van der Waals surface area contributed by atoms with E-state index in [0.717, 1.165) is 22.1 Å². The Morgan fingerprint density at radius 3 is 2.71 bits per heavy atom. The fraction of sp³-hybridized carbons (Fsp3) is 0.235. The number of para-hydroxylation sites is 1. The van der Waals surface area contributed by atoms with Gasteiger partial charge in [0, 0.05) is 16.6 Å². The topological polar surface area (TPSA) is 41.1 Å². The summed E-state index contributed by atoms with van der Waals surface area (Å²) < 4.78 is 1.01. The van der Waals surface area contributed by atoms with Crippen LogP contribution in [-0.2, 0) is 11.2 Å². The van der Waals surface area contributed by atoms with Crippen molar-refractivity contribution in [2.45, 2.75) is 25.4 Å². The van der Waals surface area contributed by atoms with Crippen LogP contribution in [0.3, 0.4) is 0 Å². The summed E-state index contributed by atoms with van der Waals surface area (Å²) in [5.41, 5.74) is 3.35. The van der Waals surface area contributed by atoms with Crippen LogP contribution in [0.5, 0.6) is 0 Å². The third-order valence-electron chi connectivity index (χ3n) is 3.82. The van der Waals surface area contributed by atoms with Gasteiger partial charge in [0.25, 0.3) is 0 Å². The monoisotopic (exact) mass is 344 g/mol. The van der Waals surface area contributed by atoms with Crippen molar-refractivity contribution in [3.05, 3.63) is 64.1 Å². The Morgan fingerprint density at radius 2 is 1.95 bits per heavy atom. The molecule has 0 bridgehead atoms. The summed E-state index contributed by atoms with van der Waals surface area (Å²) in [7, 11) is 0. The van der Waals surface area contributed by atoms with Crippen LogP contribution in [-0.4, -0.2) is 11.9 Å². The fourth-order valence-corrected chi connectivity index (χ4v) is 3.30. The Morgan fingerprint density at radius 1 is 1.24 bits per heavy atom. The number of halogens is 1. The first-order valence-electron chi connectivity index (χ1n) is 7.04. The third-order valence-corrected chi connectivity index (χ3v) is 4.54. The van der Waals surface area contributed by atoms with Gasteiger partial charge >= 0.3 is 0 Å². The molecule has 1 aliphatic heterocycles. The molecule has 4 heteroatoms. The molecule has 3 nitrogen and oxygen atoms in total. The van der Waals surface area contributed by atoms with E-state index < -0.39 is 0 Å². The summed E-state index contributed by atoms with van der Waals surface area (Å²) in [5, 5.41) is 6.36. The first kappa shape index (κ1) is 14.1. The minimum Gasteiger partial charge on any atom is -0.373 e. The van der Waals surface area contributed by atoms with Crippen LogP contribution < -0.4 is 10.6 Å². The second-order valence-electron chi connectivity index (χ2n) is 5.31. The number of benzene rings is 2. The summed E-state index contributed by atoms with van der Waals surface area (Å²) in [5.74, 6) is 0.0365. The van der Waals surface area contributed by atoms with Gasteiger partial charge in [0.15, 0.2) is 0 Å². The van der Waals surface area contributed by atoms with Crippen molar-refractivity contribution < 1.29 is 4.79 Å². The largest absolute Gasteiger partial charge is 0.373 e. The average Bonchev–Trinajstić information content (AvgIpc) is 2.91. The first-order valence-corrected chi connectivity index (χ1v) is 7.83. The number of rotatable bonds is 3. The summed E-state index contributed by atoms with van der Waals surface area (Å²) >= 11 is 3.53. The Hall–Kier alpha value is -1.81. The van der Waals surface area contributed by atoms with Crippen LogP contribution >= 0.6 is 15.9 Å². The van der Waals surface area contributed by atoms with Gasteiger partial charge in [-0.05, 0) is 30.2 Å². The molecule has 3 rings (SSSR count). The van der Waals surface area contributed by atoms with E-state index in [1.807, 2.05) is 49.4 Å². The number of carbonyl (C=O) groups is 1. The number of carbonyl (C=O) groups excluding carboxylic acids is 1. The zero-order chi connectivity index (χ0) is 14.8. The fourth-order valence-electron chi connectivity index (χ4n) is 2.67. The molecule has 21 heavy (non-hydrogen) atoms. The zero-order valence-corrected chi connectivity index (χ0v) is 13.4. The predicted octanol–water partition coefficient (Wildman–Crippen LogP) is 3.66. The van der Waals surface area contributed by atoms with Crippen LogP contribution in [0.1, 0.15) is 24.1 Å². The summed E-state index contributed by atoms with van der Waals surface area (Å²) in [6.45, 7) is 2.00. The number of fused-ring (bicyclic) bond motifs is 1. The molecule has 1 unspecified atom stereocenters. The maximum absolute atomic E-state index is 12.4. The number of hydrogen-bond donors (Lipinski definition) is 2. The van der Waals surface area contributed by atoms with E-state index >= 15 is 0 Å². The van der Waals surface area contributed by atoms with Gasteiger partial charge in [-0.3, -0.25) is 4.79 Å². The van der Waals surface area contributed by atoms with E-state index in [0.29, 0.717) is 0 Å². The van der Waals surface area contributed by atoms with E-state index in [4.69, 9.17) is 0 Å². The lowest BCUT2D eigenvalue weighted by Gasteiger charge is -2.19. The van der Waals surface area contributed by atoms with Crippen LogP contribution in [0, 0.1) is 0 Å². The normalized spacial score (nSPS) is 17.7. The molecule has 0 aliphatic carbocycles. The van der Waals surface area contributed by atoms with Crippen molar-refractivity contribution in [3.8, 4) is 0 Å². The maximum Gasteiger partial charge on any atom is 0.243 e. The number of anilines is 1. The third kappa shape index (κ3) is 2.95. The Balaban J connectivity index is 1.67. The van der Waals surface area contributed by atoms with Crippen molar-refractivity contribution in [2.75, 3.05) is 5.32 Å². The highest BCUT2D eigenvalue weighted by Crippen LogP contribution is 2.26. The van der Waals surface area contributed by atoms with Gasteiger partial charge in [-0.25, -0.2) is 0 Å². The van der Waals surface area contributed by atoms with Gasteiger partial charge in [0.1, 0.15) is 6.04 Å². The number of nitrogens with one attached hydrogen (secondary N) is 2. The van der Waals surface area contributed by atoms with Gasteiger partial charge in [-0.2, -0.15) is 0 Å². The lowest BCUT2D eigenvalue weighted by Crippen LogP contribution is -2.39. The number of amides is 1. The van der Waals surface area contributed by atoms with Crippen molar-refractivity contribution in [1.82, 2.24) is 5.32 Å². The van der Waals surface area contributed by atoms with Gasteiger partial charge in [-0.1, -0.05) is 52.3 Å². The van der Waals surface area contributed by atoms with E-state index in [1.54, 1.807) is 0 Å². The van der Waals surface area contributed by atoms with Crippen LogP contribution in [0.4, 0.5) is 5.69 Å². The molecule has 0 saturated carbocycles. The predicted molar refractivity (Wildman–Crippen MR) is 88.3 cm³/mol. The minimum atomic E-state index is -0.188. The molecule has 1 heterocycles. The molecular weight excluding hydrogens is 328 g/mol. The molecule has 2 aromatic carbocycles. The SMILES string of the molecule is C[C@H](NC(=O)C1Cc2ccccc2N1)c1ccccc1Br. The highest BCUT2D eigenvalue weighted by atomic mass is 79.9. The second kappa shape index (κ2) is 5.90. The molecule has 0 spiro atoms. The van der Waals surface area contributed by atoms with E-state index in [1.165, 1.54) is 5.56 Å². The Kier molecular flexibility index (Phi) is 3.97. The Bertz CT molecular complexity index is 646. The van der Waals surface area contributed by atoms with Gasteiger partial charge in [-0.15, -0.1) is 0 Å². The second-order valence-corrected chi connectivity index (χ2v) is 6.16. The van der Waals surface area contributed by atoms with Gasteiger partial charge in [0.2, 0.25) is 5.91 Å². The molecule has 0 radical (unpaired) electrons. The molecule has 2 atom stereocenters. The van der Waals surface area contributed by atoms with E-state index in [-0.39, 0.29) is 18.0 Å². The van der Waals surface area contributed by atoms with Crippen LogP contribution in [0.2, 0.25) is 0 Å².